The van der Waals surface area contributed by atoms with Crippen LogP contribution in [0.15, 0.2) is 0 Å². The fourth-order valence-electron chi connectivity index (χ4n) is 1.74. The van der Waals surface area contributed by atoms with Crippen molar-refractivity contribution in [2.24, 2.45) is 12.8 Å². The van der Waals surface area contributed by atoms with Gasteiger partial charge >= 0.3 is 0 Å². The molecule has 0 radical (unpaired) electrons. The van der Waals surface area contributed by atoms with Crippen molar-refractivity contribution in [3.05, 3.63) is 17.0 Å². The molecule has 15 heavy (non-hydrogen) atoms. The summed E-state index contributed by atoms with van der Waals surface area (Å²) >= 11 is 0. The van der Waals surface area contributed by atoms with Crippen LogP contribution in [0.4, 0.5) is 0 Å². The first-order valence-electron chi connectivity index (χ1n) is 5.03. The van der Waals surface area contributed by atoms with E-state index < -0.39 is 12.1 Å². The Kier molecular flexibility index (Phi) is 3.84. The molecule has 0 aromatic carbocycles. The Balaban J connectivity index is 2.94. The summed E-state index contributed by atoms with van der Waals surface area (Å²) in [6, 6.07) is -0.448. The summed E-state index contributed by atoms with van der Waals surface area (Å²) in [5.41, 5.74) is 8.23. The molecule has 0 aliphatic heterocycles. The smallest absolute Gasteiger partial charge is 0.0977 e. The summed E-state index contributed by atoms with van der Waals surface area (Å²) in [7, 11) is 1.83. The first-order valence-corrected chi connectivity index (χ1v) is 5.03. The molecule has 0 fully saturated rings. The molecule has 0 saturated carbocycles. The number of aliphatic hydroxyl groups excluding tert-OH is 2. The van der Waals surface area contributed by atoms with E-state index in [1.54, 1.807) is 4.68 Å². The molecule has 0 amide bonds. The first-order chi connectivity index (χ1) is 6.99. The molecular weight excluding hydrogens is 194 g/mol. The van der Waals surface area contributed by atoms with Crippen LogP contribution in [0.1, 0.15) is 29.5 Å². The molecule has 2 atom stereocenters. The third kappa shape index (κ3) is 2.37. The Hall–Kier alpha value is -0.910. The van der Waals surface area contributed by atoms with Crippen LogP contribution in [0, 0.1) is 13.8 Å². The summed E-state index contributed by atoms with van der Waals surface area (Å²) in [5.74, 6) is 0. The molecule has 1 rings (SSSR count). The topological polar surface area (TPSA) is 84.3 Å². The van der Waals surface area contributed by atoms with Gasteiger partial charge in [0.1, 0.15) is 0 Å². The Morgan fingerprint density at radius 1 is 1.47 bits per heavy atom. The fourth-order valence-corrected chi connectivity index (χ4v) is 1.74. The Morgan fingerprint density at radius 2 is 2.07 bits per heavy atom. The molecule has 0 aliphatic carbocycles. The van der Waals surface area contributed by atoms with Crippen LogP contribution in [0.3, 0.4) is 0 Å². The molecule has 4 N–H and O–H groups in total. The lowest BCUT2D eigenvalue weighted by atomic mass is 9.99. The monoisotopic (exact) mass is 213 g/mol. The highest BCUT2D eigenvalue weighted by Crippen LogP contribution is 2.23. The molecule has 0 spiro atoms. The Morgan fingerprint density at radius 3 is 2.47 bits per heavy atom. The molecule has 2 unspecified atom stereocenters. The number of nitrogens with two attached hydrogens (primary N) is 1. The van der Waals surface area contributed by atoms with Crippen molar-refractivity contribution in [1.82, 2.24) is 9.78 Å². The first kappa shape index (κ1) is 12.2. The summed E-state index contributed by atoms with van der Waals surface area (Å²) < 4.78 is 1.72. The van der Waals surface area contributed by atoms with Gasteiger partial charge in [-0.25, -0.2) is 0 Å². The van der Waals surface area contributed by atoms with Gasteiger partial charge in [0.2, 0.25) is 0 Å². The van der Waals surface area contributed by atoms with E-state index in [0.29, 0.717) is 6.42 Å². The second-order valence-corrected chi connectivity index (χ2v) is 3.83. The fraction of sp³-hybridized carbons (Fsp3) is 0.700. The van der Waals surface area contributed by atoms with Crippen molar-refractivity contribution >= 4 is 0 Å². The number of hydrogen-bond donors (Lipinski definition) is 3. The molecule has 1 aromatic heterocycles. The van der Waals surface area contributed by atoms with Crippen LogP contribution in [0.5, 0.6) is 0 Å². The average Bonchev–Trinajstić information content (AvgIpc) is 2.41. The van der Waals surface area contributed by atoms with Gasteiger partial charge in [-0.2, -0.15) is 5.10 Å². The van der Waals surface area contributed by atoms with Gasteiger partial charge in [-0.3, -0.25) is 4.68 Å². The summed E-state index contributed by atoms with van der Waals surface area (Å²) in [6.45, 7) is 3.72. The number of aryl methyl sites for hydroxylation is 2. The maximum atomic E-state index is 10.0. The normalized spacial score (nSPS) is 15.3. The van der Waals surface area contributed by atoms with E-state index in [1.165, 1.54) is 0 Å². The average molecular weight is 213 g/mol. The van der Waals surface area contributed by atoms with E-state index in [4.69, 9.17) is 10.8 Å². The van der Waals surface area contributed by atoms with Gasteiger partial charge < -0.3 is 15.9 Å². The van der Waals surface area contributed by atoms with Crippen molar-refractivity contribution < 1.29 is 10.2 Å². The van der Waals surface area contributed by atoms with Gasteiger partial charge in [0.15, 0.2) is 0 Å². The van der Waals surface area contributed by atoms with E-state index >= 15 is 0 Å². The molecule has 1 heterocycles. The van der Waals surface area contributed by atoms with Gasteiger partial charge in [-0.05, 0) is 20.3 Å². The second-order valence-electron chi connectivity index (χ2n) is 3.83. The lowest BCUT2D eigenvalue weighted by molar-refractivity contribution is 0.128. The van der Waals surface area contributed by atoms with Crippen LogP contribution in [-0.4, -0.2) is 32.6 Å². The molecule has 1 aromatic rings. The van der Waals surface area contributed by atoms with Gasteiger partial charge in [-0.15, -0.1) is 0 Å². The molecule has 86 valence electrons. The van der Waals surface area contributed by atoms with Gasteiger partial charge in [0.05, 0.1) is 11.8 Å². The number of nitrogens with zero attached hydrogens (tertiary/aromatic N) is 2. The third-order valence-corrected chi connectivity index (χ3v) is 2.73. The predicted molar refractivity (Wildman–Crippen MR) is 57.3 cm³/mol. The standard InChI is InChI=1S/C10H19N3O2/c1-6-9(7(2)13(3)12-6)10(15)8(11)4-5-14/h8,10,14-15H,4-5,11H2,1-3H3. The minimum Gasteiger partial charge on any atom is -0.396 e. The number of rotatable bonds is 4. The van der Waals surface area contributed by atoms with Crippen LogP contribution in [0.2, 0.25) is 0 Å². The molecule has 0 bridgehead atoms. The zero-order valence-electron chi connectivity index (χ0n) is 9.44. The summed E-state index contributed by atoms with van der Waals surface area (Å²) in [4.78, 5) is 0. The highest BCUT2D eigenvalue weighted by Gasteiger charge is 2.23. The molecule has 0 aliphatic rings. The van der Waals surface area contributed by atoms with Crippen molar-refractivity contribution in [3.63, 3.8) is 0 Å². The Labute approximate surface area is 89.5 Å². The predicted octanol–water partition coefficient (Wildman–Crippen LogP) is -0.220. The lowest BCUT2D eigenvalue weighted by Crippen LogP contribution is -2.30. The van der Waals surface area contributed by atoms with Crippen LogP contribution in [0.25, 0.3) is 0 Å². The van der Waals surface area contributed by atoms with Crippen molar-refractivity contribution in [2.75, 3.05) is 6.61 Å². The van der Waals surface area contributed by atoms with Gasteiger partial charge in [0.25, 0.3) is 0 Å². The van der Waals surface area contributed by atoms with Crippen LogP contribution >= 0.6 is 0 Å². The van der Waals surface area contributed by atoms with E-state index in [2.05, 4.69) is 5.10 Å². The van der Waals surface area contributed by atoms with Gasteiger partial charge in [0, 0.05) is 31.0 Å². The summed E-state index contributed by atoms with van der Waals surface area (Å²) in [5, 5.41) is 23.0. The van der Waals surface area contributed by atoms with E-state index in [-0.39, 0.29) is 6.61 Å². The molecule has 0 saturated heterocycles. The highest BCUT2D eigenvalue weighted by molar-refractivity contribution is 5.27. The maximum absolute atomic E-state index is 10.0. The minimum atomic E-state index is -0.758. The van der Waals surface area contributed by atoms with Crippen LogP contribution in [-0.2, 0) is 7.05 Å². The van der Waals surface area contributed by atoms with Gasteiger partial charge in [-0.1, -0.05) is 0 Å². The van der Waals surface area contributed by atoms with Crippen molar-refractivity contribution in [2.45, 2.75) is 32.4 Å². The number of aromatic nitrogens is 2. The zero-order chi connectivity index (χ0) is 11.6. The van der Waals surface area contributed by atoms with Crippen molar-refractivity contribution in [3.8, 4) is 0 Å². The zero-order valence-corrected chi connectivity index (χ0v) is 9.44. The highest BCUT2D eigenvalue weighted by atomic mass is 16.3. The molecule has 5 nitrogen and oxygen atoms in total. The Bertz CT molecular complexity index is 336. The number of aliphatic hydroxyl groups is 2. The maximum Gasteiger partial charge on any atom is 0.0977 e. The van der Waals surface area contributed by atoms with Crippen LogP contribution < -0.4 is 5.73 Å². The van der Waals surface area contributed by atoms with Crippen molar-refractivity contribution in [1.29, 1.82) is 0 Å². The largest absolute Gasteiger partial charge is 0.396 e. The SMILES string of the molecule is Cc1nn(C)c(C)c1C(O)C(N)CCO. The van der Waals surface area contributed by atoms with E-state index in [0.717, 1.165) is 17.0 Å². The summed E-state index contributed by atoms with van der Waals surface area (Å²) in [6.07, 6.45) is -0.375. The van der Waals surface area contributed by atoms with E-state index in [1.807, 2.05) is 20.9 Å². The minimum absolute atomic E-state index is 0.0173. The second kappa shape index (κ2) is 4.74. The molecular formula is C10H19N3O2. The molecule has 5 heteroatoms. The quantitative estimate of drug-likeness (QED) is 0.645. The third-order valence-electron chi connectivity index (χ3n) is 2.73. The van der Waals surface area contributed by atoms with E-state index in [9.17, 15) is 5.11 Å². The lowest BCUT2D eigenvalue weighted by Gasteiger charge is -2.18. The number of hydrogen-bond acceptors (Lipinski definition) is 4.